The first-order valence-electron chi connectivity index (χ1n) is 3.02. The Bertz CT molecular complexity index is 143. The molecule has 0 atom stereocenters. The summed E-state index contributed by atoms with van der Waals surface area (Å²) in [5.41, 5.74) is -0.119. The van der Waals surface area contributed by atoms with Gasteiger partial charge in [0.2, 0.25) is 5.91 Å². The number of carbonyl (C=O) groups is 1. The van der Waals surface area contributed by atoms with Gasteiger partial charge in [-0.25, -0.2) is 0 Å². The van der Waals surface area contributed by atoms with Crippen LogP contribution in [0.25, 0.3) is 0 Å². The summed E-state index contributed by atoms with van der Waals surface area (Å²) in [5.74, 6) is -0.110. The molecule has 1 amide bonds. The quantitative estimate of drug-likeness (QED) is 0.461. The molecule has 3 heteroatoms. The second-order valence-corrected chi connectivity index (χ2v) is 3.47. The number of halogens is 1. The predicted octanol–water partition coefficient (Wildman–Crippen LogP) is 1.50. The molecule has 2 nitrogen and oxygen atoms in total. The monoisotopic (exact) mass is 253 g/mol. The molecule has 0 saturated carbocycles. The lowest BCUT2D eigenvalue weighted by Gasteiger charge is -2.22. The Morgan fingerprint density at radius 3 is 2.60 bits per heavy atom. The highest BCUT2D eigenvalue weighted by molar-refractivity contribution is 14.1. The first kappa shape index (κ1) is 9.94. The maximum absolute atomic E-state index is 10.8. The van der Waals surface area contributed by atoms with E-state index >= 15 is 0 Å². The highest BCUT2D eigenvalue weighted by Crippen LogP contribution is 2.05. The van der Waals surface area contributed by atoms with E-state index in [1.165, 1.54) is 6.08 Å². The Kier molecular flexibility index (Phi) is 3.93. The van der Waals surface area contributed by atoms with E-state index in [1.807, 2.05) is 13.8 Å². The van der Waals surface area contributed by atoms with Crippen molar-refractivity contribution in [3.8, 4) is 0 Å². The molecule has 1 N–H and O–H groups in total. The van der Waals surface area contributed by atoms with Crippen LogP contribution in [0.2, 0.25) is 0 Å². The normalized spacial score (nSPS) is 10.7. The third kappa shape index (κ3) is 3.87. The lowest BCUT2D eigenvalue weighted by Crippen LogP contribution is -2.43. The molecule has 10 heavy (non-hydrogen) atoms. The number of hydrogen-bond acceptors (Lipinski definition) is 1. The zero-order chi connectivity index (χ0) is 8.20. The van der Waals surface area contributed by atoms with E-state index in [0.717, 1.165) is 4.43 Å². The lowest BCUT2D eigenvalue weighted by molar-refractivity contribution is -0.117. The highest BCUT2D eigenvalue weighted by atomic mass is 127. The van der Waals surface area contributed by atoms with E-state index in [1.54, 1.807) is 0 Å². The van der Waals surface area contributed by atoms with Crippen molar-refractivity contribution >= 4 is 28.5 Å². The van der Waals surface area contributed by atoms with Crippen LogP contribution < -0.4 is 5.32 Å². The molecule has 58 valence electrons. The van der Waals surface area contributed by atoms with Crippen molar-refractivity contribution in [2.75, 3.05) is 4.43 Å². The van der Waals surface area contributed by atoms with Crippen molar-refractivity contribution in [3.05, 3.63) is 12.7 Å². The fourth-order valence-electron chi connectivity index (χ4n) is 0.418. The fraction of sp³-hybridized carbons (Fsp3) is 0.571. The molecule has 0 fully saturated rings. The molecule has 0 aromatic carbocycles. The number of hydrogen-bond donors (Lipinski definition) is 1. The summed E-state index contributed by atoms with van der Waals surface area (Å²) in [6, 6.07) is 0. The Morgan fingerprint density at radius 2 is 2.30 bits per heavy atom. The number of rotatable bonds is 3. The average molecular weight is 253 g/mol. The van der Waals surface area contributed by atoms with Crippen LogP contribution in [0, 0.1) is 0 Å². The van der Waals surface area contributed by atoms with E-state index in [0.29, 0.717) is 0 Å². The van der Waals surface area contributed by atoms with E-state index in [-0.39, 0.29) is 11.4 Å². The number of alkyl halides is 1. The second kappa shape index (κ2) is 3.95. The molecule has 0 radical (unpaired) electrons. The van der Waals surface area contributed by atoms with Crippen molar-refractivity contribution in [2.24, 2.45) is 0 Å². The summed E-state index contributed by atoms with van der Waals surface area (Å²) >= 11 is 2.23. The summed E-state index contributed by atoms with van der Waals surface area (Å²) in [4.78, 5) is 10.8. The van der Waals surface area contributed by atoms with Gasteiger partial charge in [0.05, 0.1) is 0 Å². The minimum atomic E-state index is -0.119. The molecule has 0 saturated heterocycles. The second-order valence-electron chi connectivity index (χ2n) is 2.71. The van der Waals surface area contributed by atoms with Crippen molar-refractivity contribution in [3.63, 3.8) is 0 Å². The van der Waals surface area contributed by atoms with Gasteiger partial charge >= 0.3 is 0 Å². The molecule has 0 aliphatic rings. The van der Waals surface area contributed by atoms with Crippen molar-refractivity contribution in [2.45, 2.75) is 19.4 Å². The molecule has 0 aliphatic heterocycles. The van der Waals surface area contributed by atoms with Crippen LogP contribution in [0.4, 0.5) is 0 Å². The van der Waals surface area contributed by atoms with Gasteiger partial charge in [-0.05, 0) is 19.9 Å². The van der Waals surface area contributed by atoms with Gasteiger partial charge in [0.15, 0.2) is 0 Å². The minimum Gasteiger partial charge on any atom is -0.347 e. The van der Waals surface area contributed by atoms with Crippen molar-refractivity contribution in [1.82, 2.24) is 5.32 Å². The molecule has 0 bridgehead atoms. The maximum Gasteiger partial charge on any atom is 0.243 e. The number of nitrogens with one attached hydrogen (secondary N) is 1. The highest BCUT2D eigenvalue weighted by Gasteiger charge is 2.16. The van der Waals surface area contributed by atoms with Crippen LogP contribution in [0.3, 0.4) is 0 Å². The Morgan fingerprint density at radius 1 is 1.80 bits per heavy atom. The molecule has 0 spiro atoms. The summed E-state index contributed by atoms with van der Waals surface area (Å²) in [6.07, 6.45) is 1.29. The summed E-state index contributed by atoms with van der Waals surface area (Å²) < 4.78 is 0.893. The zero-order valence-corrected chi connectivity index (χ0v) is 8.44. The van der Waals surface area contributed by atoms with Crippen LogP contribution in [0.5, 0.6) is 0 Å². The minimum absolute atomic E-state index is 0.110. The molecular weight excluding hydrogens is 241 g/mol. The topological polar surface area (TPSA) is 29.1 Å². The first-order chi connectivity index (χ1) is 4.52. The van der Waals surface area contributed by atoms with E-state index in [4.69, 9.17) is 0 Å². The smallest absolute Gasteiger partial charge is 0.243 e. The van der Waals surface area contributed by atoms with Crippen LogP contribution >= 0.6 is 22.6 Å². The summed E-state index contributed by atoms with van der Waals surface area (Å²) in [5, 5.41) is 2.79. The molecule has 0 unspecified atom stereocenters. The van der Waals surface area contributed by atoms with Crippen LogP contribution in [0.15, 0.2) is 12.7 Å². The maximum atomic E-state index is 10.8. The first-order valence-corrected chi connectivity index (χ1v) is 4.55. The fourth-order valence-corrected chi connectivity index (χ4v) is 0.609. The van der Waals surface area contributed by atoms with Crippen LogP contribution in [0.1, 0.15) is 13.8 Å². The van der Waals surface area contributed by atoms with E-state index in [2.05, 4.69) is 34.5 Å². The van der Waals surface area contributed by atoms with Crippen molar-refractivity contribution in [1.29, 1.82) is 0 Å². The number of carbonyl (C=O) groups excluding carboxylic acids is 1. The van der Waals surface area contributed by atoms with Crippen molar-refractivity contribution < 1.29 is 4.79 Å². The molecule has 0 rings (SSSR count). The Labute approximate surface area is 75.2 Å². The molecular formula is C7H12INO. The van der Waals surface area contributed by atoms with Gasteiger partial charge in [-0.15, -0.1) is 0 Å². The van der Waals surface area contributed by atoms with E-state index in [9.17, 15) is 4.79 Å². The lowest BCUT2D eigenvalue weighted by atomic mass is 10.1. The summed E-state index contributed by atoms with van der Waals surface area (Å²) in [6.45, 7) is 7.31. The summed E-state index contributed by atoms with van der Waals surface area (Å²) in [7, 11) is 0. The van der Waals surface area contributed by atoms with Crippen LogP contribution in [-0.2, 0) is 4.79 Å². The Balaban J connectivity index is 3.87. The number of amides is 1. The third-order valence-corrected chi connectivity index (χ3v) is 2.89. The molecule has 0 aliphatic carbocycles. The van der Waals surface area contributed by atoms with Gasteiger partial charge in [-0.2, -0.15) is 0 Å². The van der Waals surface area contributed by atoms with Gasteiger partial charge in [-0.1, -0.05) is 29.2 Å². The molecule has 0 aromatic rings. The zero-order valence-electron chi connectivity index (χ0n) is 6.28. The standard InChI is InChI=1S/C7H12INO/c1-4-6(10)9-7(2,3)5-8/h4H,1,5H2,2-3H3,(H,9,10). The van der Waals surface area contributed by atoms with Gasteiger partial charge in [0.25, 0.3) is 0 Å². The Hall–Kier alpha value is -0.0600. The van der Waals surface area contributed by atoms with Gasteiger partial charge in [0.1, 0.15) is 0 Å². The van der Waals surface area contributed by atoms with Gasteiger partial charge < -0.3 is 5.32 Å². The average Bonchev–Trinajstić information content (AvgIpc) is 1.87. The molecule has 0 heterocycles. The van der Waals surface area contributed by atoms with Crippen LogP contribution in [-0.4, -0.2) is 15.9 Å². The van der Waals surface area contributed by atoms with Gasteiger partial charge in [-0.3, -0.25) is 4.79 Å². The van der Waals surface area contributed by atoms with Gasteiger partial charge in [0, 0.05) is 9.97 Å². The van der Waals surface area contributed by atoms with E-state index < -0.39 is 0 Å². The third-order valence-electron chi connectivity index (χ3n) is 0.981. The SMILES string of the molecule is C=CC(=O)NC(C)(C)CI. The largest absolute Gasteiger partial charge is 0.347 e. The predicted molar refractivity (Wildman–Crippen MR) is 51.3 cm³/mol. The molecule has 0 aromatic heterocycles.